The first-order valence-corrected chi connectivity index (χ1v) is 10.2. The molecule has 1 aromatic carbocycles. The molecule has 0 spiro atoms. The number of carbonyl (C=O) groups is 1. The van der Waals surface area contributed by atoms with Crippen LogP contribution in [0.2, 0.25) is 0 Å². The number of nitrogens with one attached hydrogen (secondary N) is 1. The molecule has 0 unspecified atom stereocenters. The van der Waals surface area contributed by atoms with E-state index in [-0.39, 0.29) is 23.6 Å². The smallest absolute Gasteiger partial charge is 0.222 e. The quantitative estimate of drug-likeness (QED) is 0.742. The molecule has 1 heterocycles. The predicted octanol–water partition coefficient (Wildman–Crippen LogP) is 0.652. The Morgan fingerprint density at radius 3 is 2.62 bits per heavy atom. The second-order valence-corrected chi connectivity index (χ2v) is 8.58. The van der Waals surface area contributed by atoms with Crippen molar-refractivity contribution in [3.05, 3.63) is 35.9 Å². The molecule has 6 nitrogen and oxygen atoms in total. The molecule has 0 aromatic heterocycles. The van der Waals surface area contributed by atoms with Crippen LogP contribution in [0.15, 0.2) is 30.3 Å². The number of sulfone groups is 1. The highest BCUT2D eigenvalue weighted by Gasteiger charge is 2.34. The molecular weight excluding hydrogens is 328 g/mol. The van der Waals surface area contributed by atoms with Crippen molar-refractivity contribution in [2.45, 2.75) is 18.4 Å². The Bertz CT molecular complexity index is 633. The Morgan fingerprint density at radius 1 is 1.29 bits per heavy atom. The lowest BCUT2D eigenvalue weighted by molar-refractivity contribution is -0.122. The number of likely N-dealkylation sites (tertiary alicyclic amines) is 1. The summed E-state index contributed by atoms with van der Waals surface area (Å²) in [5, 5.41) is 3.08. The lowest BCUT2D eigenvalue weighted by atomic mass is 9.94. The van der Waals surface area contributed by atoms with E-state index in [2.05, 4.69) is 22.3 Å². The molecule has 7 heteroatoms. The third-order valence-corrected chi connectivity index (χ3v) is 5.21. The van der Waals surface area contributed by atoms with E-state index >= 15 is 0 Å². The molecular formula is C17H26N2O4S. The van der Waals surface area contributed by atoms with Gasteiger partial charge in [-0.2, -0.15) is 0 Å². The van der Waals surface area contributed by atoms with Gasteiger partial charge >= 0.3 is 0 Å². The fraction of sp³-hybridized carbons (Fsp3) is 0.588. The van der Waals surface area contributed by atoms with Crippen LogP contribution in [0.25, 0.3) is 0 Å². The van der Waals surface area contributed by atoms with Crippen LogP contribution in [0, 0.1) is 0 Å². The number of nitrogens with zero attached hydrogens (tertiary/aromatic N) is 1. The van der Waals surface area contributed by atoms with Gasteiger partial charge in [-0.15, -0.1) is 0 Å². The standard InChI is InChI=1S/C17H26N2O4S/c1-23-10-8-17(20)18-16-13-19(9-11-24(2,21)22)12-15(16)14-6-4-3-5-7-14/h3-7,15-16H,8-13H2,1-2H3,(H,18,20)/t15-,16+/m0/s1. The fourth-order valence-corrected chi connectivity index (χ4v) is 3.61. The summed E-state index contributed by atoms with van der Waals surface area (Å²) in [5.74, 6) is 0.267. The summed E-state index contributed by atoms with van der Waals surface area (Å²) < 4.78 is 27.8. The topological polar surface area (TPSA) is 75.7 Å². The third kappa shape index (κ3) is 5.89. The van der Waals surface area contributed by atoms with Gasteiger partial charge in [0.15, 0.2) is 0 Å². The summed E-state index contributed by atoms with van der Waals surface area (Å²) in [5.41, 5.74) is 1.16. The lowest BCUT2D eigenvalue weighted by Gasteiger charge is -2.20. The molecule has 1 N–H and O–H groups in total. The van der Waals surface area contributed by atoms with Gasteiger partial charge in [0.25, 0.3) is 0 Å². The molecule has 0 bridgehead atoms. The Balaban J connectivity index is 2.04. The largest absolute Gasteiger partial charge is 0.384 e. The molecule has 1 aliphatic heterocycles. The number of hydrogen-bond acceptors (Lipinski definition) is 5. The van der Waals surface area contributed by atoms with Crippen LogP contribution in [-0.2, 0) is 19.4 Å². The highest BCUT2D eigenvalue weighted by atomic mass is 32.2. The van der Waals surface area contributed by atoms with Crippen LogP contribution in [0.1, 0.15) is 17.9 Å². The number of benzene rings is 1. The van der Waals surface area contributed by atoms with Crippen molar-refractivity contribution in [2.24, 2.45) is 0 Å². The first-order valence-electron chi connectivity index (χ1n) is 8.12. The summed E-state index contributed by atoms with van der Waals surface area (Å²) in [6, 6.07) is 10.0. The zero-order valence-electron chi connectivity index (χ0n) is 14.3. The van der Waals surface area contributed by atoms with Gasteiger partial charge in [0, 0.05) is 51.4 Å². The third-order valence-electron chi connectivity index (χ3n) is 4.28. The van der Waals surface area contributed by atoms with E-state index in [1.807, 2.05) is 18.2 Å². The number of methoxy groups -OCH3 is 1. The normalized spacial score (nSPS) is 21.8. The van der Waals surface area contributed by atoms with Crippen LogP contribution in [0.3, 0.4) is 0 Å². The first-order chi connectivity index (χ1) is 11.4. The fourth-order valence-electron chi connectivity index (χ4n) is 3.02. The SMILES string of the molecule is COCCC(=O)N[C@@H]1CN(CCS(C)(=O)=O)C[C@H]1c1ccccc1. The minimum absolute atomic E-state index is 0.0173. The molecule has 1 fully saturated rings. The highest BCUT2D eigenvalue weighted by Crippen LogP contribution is 2.27. The van der Waals surface area contributed by atoms with Crippen molar-refractivity contribution in [1.82, 2.24) is 10.2 Å². The van der Waals surface area contributed by atoms with Crippen molar-refractivity contribution in [3.63, 3.8) is 0 Å². The molecule has 1 amide bonds. The van der Waals surface area contributed by atoms with Gasteiger partial charge in [-0.3, -0.25) is 9.69 Å². The number of amides is 1. The van der Waals surface area contributed by atoms with Crippen LogP contribution in [0.5, 0.6) is 0 Å². The maximum Gasteiger partial charge on any atom is 0.222 e. The van der Waals surface area contributed by atoms with Gasteiger partial charge in [-0.25, -0.2) is 8.42 Å². The molecule has 134 valence electrons. The van der Waals surface area contributed by atoms with Gasteiger partial charge < -0.3 is 10.1 Å². The number of ether oxygens (including phenoxy) is 1. The van der Waals surface area contributed by atoms with Crippen molar-refractivity contribution >= 4 is 15.7 Å². The summed E-state index contributed by atoms with van der Waals surface area (Å²) >= 11 is 0. The van der Waals surface area contributed by atoms with Crippen LogP contribution < -0.4 is 5.32 Å². The average Bonchev–Trinajstić information content (AvgIpc) is 2.94. The first kappa shape index (κ1) is 18.9. The Kier molecular flexibility index (Phi) is 6.77. The summed E-state index contributed by atoms with van der Waals surface area (Å²) in [6.07, 6.45) is 1.58. The molecule has 0 radical (unpaired) electrons. The monoisotopic (exact) mass is 354 g/mol. The van der Waals surface area contributed by atoms with E-state index < -0.39 is 9.84 Å². The summed E-state index contributed by atoms with van der Waals surface area (Å²) in [7, 11) is -1.42. The van der Waals surface area contributed by atoms with Crippen LogP contribution >= 0.6 is 0 Å². The Labute approximate surface area is 144 Å². The van der Waals surface area contributed by atoms with Crippen molar-refractivity contribution in [1.29, 1.82) is 0 Å². The van der Waals surface area contributed by atoms with E-state index in [9.17, 15) is 13.2 Å². The number of carbonyl (C=O) groups excluding carboxylic acids is 1. The maximum atomic E-state index is 12.1. The van der Waals surface area contributed by atoms with Crippen LogP contribution in [-0.4, -0.2) is 70.6 Å². The average molecular weight is 354 g/mol. The molecule has 1 aliphatic rings. The molecule has 2 rings (SSSR count). The lowest BCUT2D eigenvalue weighted by Crippen LogP contribution is -2.40. The Hall–Kier alpha value is -1.44. The predicted molar refractivity (Wildman–Crippen MR) is 93.8 cm³/mol. The summed E-state index contributed by atoms with van der Waals surface area (Å²) in [4.78, 5) is 14.2. The van der Waals surface area contributed by atoms with E-state index in [0.717, 1.165) is 12.1 Å². The van der Waals surface area contributed by atoms with Crippen LogP contribution in [0.4, 0.5) is 0 Å². The van der Waals surface area contributed by atoms with Gasteiger partial charge in [-0.05, 0) is 5.56 Å². The summed E-state index contributed by atoms with van der Waals surface area (Å²) in [6.45, 7) is 2.29. The molecule has 1 saturated heterocycles. The molecule has 0 saturated carbocycles. The van der Waals surface area contributed by atoms with E-state index in [0.29, 0.717) is 26.1 Å². The second kappa shape index (κ2) is 8.60. The van der Waals surface area contributed by atoms with Gasteiger partial charge in [-0.1, -0.05) is 30.3 Å². The van der Waals surface area contributed by atoms with E-state index in [1.54, 1.807) is 7.11 Å². The second-order valence-electron chi connectivity index (χ2n) is 6.32. The molecule has 24 heavy (non-hydrogen) atoms. The van der Waals surface area contributed by atoms with E-state index in [4.69, 9.17) is 4.74 Å². The zero-order chi connectivity index (χ0) is 17.6. The molecule has 2 atom stereocenters. The minimum atomic E-state index is -2.99. The number of rotatable bonds is 8. The van der Waals surface area contributed by atoms with Crippen molar-refractivity contribution < 1.29 is 17.9 Å². The van der Waals surface area contributed by atoms with E-state index in [1.165, 1.54) is 6.26 Å². The molecule has 1 aromatic rings. The maximum absolute atomic E-state index is 12.1. The van der Waals surface area contributed by atoms with Gasteiger partial charge in [0.2, 0.25) is 5.91 Å². The van der Waals surface area contributed by atoms with Gasteiger partial charge in [0.1, 0.15) is 9.84 Å². The zero-order valence-corrected chi connectivity index (χ0v) is 15.1. The minimum Gasteiger partial charge on any atom is -0.384 e. The van der Waals surface area contributed by atoms with Crippen molar-refractivity contribution in [3.8, 4) is 0 Å². The Morgan fingerprint density at radius 2 is 2.00 bits per heavy atom. The van der Waals surface area contributed by atoms with Gasteiger partial charge in [0.05, 0.1) is 12.4 Å². The highest BCUT2D eigenvalue weighted by molar-refractivity contribution is 7.90. The molecule has 0 aliphatic carbocycles. The van der Waals surface area contributed by atoms with Crippen molar-refractivity contribution in [2.75, 3.05) is 45.4 Å². The number of hydrogen-bond donors (Lipinski definition) is 1.